The van der Waals surface area contributed by atoms with Crippen molar-refractivity contribution in [3.05, 3.63) is 0 Å². The van der Waals surface area contributed by atoms with Gasteiger partial charge in [-0.1, -0.05) is 0 Å². The summed E-state index contributed by atoms with van der Waals surface area (Å²) in [5.41, 5.74) is 0. The van der Waals surface area contributed by atoms with Gasteiger partial charge < -0.3 is 15.2 Å². The van der Waals surface area contributed by atoms with E-state index < -0.39 is 0 Å². The Kier molecular flexibility index (Phi) is 4.18. The lowest BCUT2D eigenvalue weighted by atomic mass is 9.97. The Balaban J connectivity index is 2.22. The Morgan fingerprint density at radius 1 is 1.69 bits per heavy atom. The molecule has 1 rings (SSSR count). The van der Waals surface area contributed by atoms with Crippen molar-refractivity contribution in [2.75, 3.05) is 13.7 Å². The molecule has 0 spiro atoms. The zero-order chi connectivity index (χ0) is 9.68. The topological polar surface area (TPSA) is 58.6 Å². The number of piperidine rings is 1. The second kappa shape index (κ2) is 5.19. The summed E-state index contributed by atoms with van der Waals surface area (Å²) in [6.07, 6.45) is 2.58. The van der Waals surface area contributed by atoms with Crippen LogP contribution in [0.15, 0.2) is 0 Å². The van der Waals surface area contributed by atoms with Gasteiger partial charge in [0, 0.05) is 12.5 Å². The highest BCUT2D eigenvalue weighted by Gasteiger charge is 2.22. The number of aliphatic hydroxyl groups is 1. The molecule has 1 fully saturated rings. The van der Waals surface area contributed by atoms with Crippen LogP contribution >= 0.6 is 0 Å². The Bertz CT molecular complexity index is 172. The first-order valence-electron chi connectivity index (χ1n) is 4.72. The quantitative estimate of drug-likeness (QED) is 0.613. The molecule has 1 heterocycles. The molecule has 4 heteroatoms. The van der Waals surface area contributed by atoms with Crippen LogP contribution in [-0.2, 0) is 9.53 Å². The van der Waals surface area contributed by atoms with E-state index in [4.69, 9.17) is 0 Å². The molecule has 1 aliphatic rings. The number of aliphatic hydroxyl groups excluding tert-OH is 1. The Hall–Kier alpha value is -0.610. The van der Waals surface area contributed by atoms with Crippen LogP contribution in [0, 0.1) is 0 Å². The highest BCUT2D eigenvalue weighted by atomic mass is 16.5. The van der Waals surface area contributed by atoms with Crippen LogP contribution in [0.25, 0.3) is 0 Å². The number of carbonyl (C=O) groups is 1. The summed E-state index contributed by atoms with van der Waals surface area (Å²) in [6.45, 7) is 0.933. The third-order valence-corrected chi connectivity index (χ3v) is 2.43. The Morgan fingerprint density at radius 3 is 3.08 bits per heavy atom. The van der Waals surface area contributed by atoms with E-state index in [1.54, 1.807) is 0 Å². The zero-order valence-corrected chi connectivity index (χ0v) is 7.95. The van der Waals surface area contributed by atoms with E-state index in [9.17, 15) is 9.90 Å². The third-order valence-electron chi connectivity index (χ3n) is 2.43. The summed E-state index contributed by atoms with van der Waals surface area (Å²) in [6, 6.07) is 0.0628. The lowest BCUT2D eigenvalue weighted by Crippen LogP contribution is -2.44. The number of nitrogens with one attached hydrogen (secondary N) is 1. The van der Waals surface area contributed by atoms with Crippen LogP contribution in [0.3, 0.4) is 0 Å². The van der Waals surface area contributed by atoms with E-state index in [0.29, 0.717) is 12.8 Å². The van der Waals surface area contributed by atoms with E-state index in [1.807, 2.05) is 0 Å². The van der Waals surface area contributed by atoms with Crippen molar-refractivity contribution < 1.29 is 14.6 Å². The van der Waals surface area contributed by atoms with E-state index >= 15 is 0 Å². The lowest BCUT2D eigenvalue weighted by molar-refractivity contribution is -0.141. The van der Waals surface area contributed by atoms with Gasteiger partial charge >= 0.3 is 5.97 Å². The summed E-state index contributed by atoms with van der Waals surface area (Å²) in [7, 11) is 1.38. The molecule has 13 heavy (non-hydrogen) atoms. The van der Waals surface area contributed by atoms with Crippen LogP contribution < -0.4 is 5.32 Å². The van der Waals surface area contributed by atoms with Crippen molar-refractivity contribution in [3.63, 3.8) is 0 Å². The largest absolute Gasteiger partial charge is 0.469 e. The van der Waals surface area contributed by atoms with Crippen molar-refractivity contribution in [1.29, 1.82) is 0 Å². The predicted octanol–water partition coefficient (Wildman–Crippen LogP) is 0.0525. The van der Waals surface area contributed by atoms with Crippen molar-refractivity contribution in [3.8, 4) is 0 Å². The maximum absolute atomic E-state index is 10.8. The number of methoxy groups -OCH3 is 1. The summed E-state index contributed by atoms with van der Waals surface area (Å²) < 4.78 is 4.53. The second-order valence-corrected chi connectivity index (χ2v) is 3.39. The number of ether oxygens (including phenoxy) is 1. The molecule has 0 bridgehead atoms. The first-order chi connectivity index (χ1) is 6.24. The van der Waals surface area contributed by atoms with Gasteiger partial charge in [-0.2, -0.15) is 0 Å². The molecule has 1 aliphatic heterocycles. The highest BCUT2D eigenvalue weighted by molar-refractivity contribution is 5.69. The molecule has 76 valence electrons. The molecule has 2 atom stereocenters. The minimum Gasteiger partial charge on any atom is -0.469 e. The van der Waals surface area contributed by atoms with E-state index in [2.05, 4.69) is 10.1 Å². The molecule has 0 aliphatic carbocycles. The summed E-state index contributed by atoms with van der Waals surface area (Å²) in [5, 5.41) is 12.7. The predicted molar refractivity (Wildman–Crippen MR) is 48.3 cm³/mol. The maximum Gasteiger partial charge on any atom is 0.305 e. The van der Waals surface area contributed by atoms with Crippen LogP contribution in [0.5, 0.6) is 0 Å². The normalized spacial score (nSPS) is 28.5. The molecule has 0 aromatic rings. The lowest BCUT2D eigenvalue weighted by Gasteiger charge is -2.28. The summed E-state index contributed by atoms with van der Waals surface area (Å²) >= 11 is 0. The fraction of sp³-hybridized carbons (Fsp3) is 0.889. The summed E-state index contributed by atoms with van der Waals surface area (Å²) in [4.78, 5) is 10.8. The van der Waals surface area contributed by atoms with Gasteiger partial charge in [-0.05, 0) is 25.8 Å². The Labute approximate surface area is 78.3 Å². The Morgan fingerprint density at radius 2 is 2.46 bits per heavy atom. The number of esters is 1. The summed E-state index contributed by atoms with van der Waals surface area (Å²) in [5.74, 6) is -0.209. The third kappa shape index (κ3) is 3.32. The van der Waals surface area contributed by atoms with Gasteiger partial charge in [0.15, 0.2) is 0 Å². The number of hydrogen-bond acceptors (Lipinski definition) is 4. The fourth-order valence-electron chi connectivity index (χ4n) is 1.61. The SMILES string of the molecule is COC(=O)CCC1NCCCC1O. The molecular formula is C9H17NO3. The van der Waals surface area contributed by atoms with E-state index in [-0.39, 0.29) is 18.1 Å². The molecule has 4 nitrogen and oxygen atoms in total. The molecule has 0 saturated carbocycles. The van der Waals surface area contributed by atoms with Gasteiger partial charge in [0.1, 0.15) is 0 Å². The maximum atomic E-state index is 10.8. The van der Waals surface area contributed by atoms with Gasteiger partial charge in [-0.3, -0.25) is 4.79 Å². The van der Waals surface area contributed by atoms with Gasteiger partial charge in [0.2, 0.25) is 0 Å². The minimum absolute atomic E-state index is 0.0628. The number of rotatable bonds is 3. The second-order valence-electron chi connectivity index (χ2n) is 3.39. The van der Waals surface area contributed by atoms with Crippen molar-refractivity contribution in [1.82, 2.24) is 5.32 Å². The van der Waals surface area contributed by atoms with Gasteiger partial charge in [-0.25, -0.2) is 0 Å². The van der Waals surface area contributed by atoms with Crippen LogP contribution in [-0.4, -0.2) is 36.9 Å². The first-order valence-corrected chi connectivity index (χ1v) is 4.72. The standard InChI is InChI=1S/C9H17NO3/c1-13-9(12)5-4-7-8(11)3-2-6-10-7/h7-8,10-11H,2-6H2,1H3. The highest BCUT2D eigenvalue weighted by Crippen LogP contribution is 2.12. The molecule has 1 saturated heterocycles. The molecule has 2 unspecified atom stereocenters. The van der Waals surface area contributed by atoms with Crippen LogP contribution in [0.4, 0.5) is 0 Å². The average Bonchev–Trinajstić information content (AvgIpc) is 2.16. The van der Waals surface area contributed by atoms with Gasteiger partial charge in [0.25, 0.3) is 0 Å². The molecule has 2 N–H and O–H groups in total. The molecule has 0 aromatic carbocycles. The van der Waals surface area contributed by atoms with Gasteiger partial charge in [-0.15, -0.1) is 0 Å². The molecule has 0 amide bonds. The van der Waals surface area contributed by atoms with Crippen molar-refractivity contribution in [2.24, 2.45) is 0 Å². The zero-order valence-electron chi connectivity index (χ0n) is 7.95. The monoisotopic (exact) mass is 187 g/mol. The molecule has 0 aromatic heterocycles. The fourth-order valence-corrected chi connectivity index (χ4v) is 1.61. The van der Waals surface area contributed by atoms with Gasteiger partial charge in [0.05, 0.1) is 13.2 Å². The van der Waals surface area contributed by atoms with Crippen molar-refractivity contribution in [2.45, 2.75) is 37.8 Å². The van der Waals surface area contributed by atoms with E-state index in [0.717, 1.165) is 19.4 Å². The van der Waals surface area contributed by atoms with Crippen LogP contribution in [0.1, 0.15) is 25.7 Å². The smallest absolute Gasteiger partial charge is 0.305 e. The molecule has 0 radical (unpaired) electrons. The van der Waals surface area contributed by atoms with Crippen LogP contribution in [0.2, 0.25) is 0 Å². The number of carbonyl (C=O) groups excluding carboxylic acids is 1. The van der Waals surface area contributed by atoms with E-state index in [1.165, 1.54) is 7.11 Å². The molecular weight excluding hydrogens is 170 g/mol. The minimum atomic E-state index is -0.307. The average molecular weight is 187 g/mol. The first kappa shape index (κ1) is 10.5. The number of hydrogen-bond donors (Lipinski definition) is 2. The van der Waals surface area contributed by atoms with Crippen molar-refractivity contribution >= 4 is 5.97 Å².